The Morgan fingerprint density at radius 1 is 1.23 bits per heavy atom. The van der Waals surface area contributed by atoms with E-state index in [0.29, 0.717) is 35.6 Å². The number of thioether (sulfide) groups is 1. The van der Waals surface area contributed by atoms with E-state index in [4.69, 9.17) is 9.72 Å². The molecule has 1 aromatic carbocycles. The van der Waals surface area contributed by atoms with Crippen LogP contribution in [0.4, 0.5) is 0 Å². The summed E-state index contributed by atoms with van der Waals surface area (Å²) in [5.41, 5.74) is 0.604. The van der Waals surface area contributed by atoms with Crippen LogP contribution >= 0.6 is 11.8 Å². The van der Waals surface area contributed by atoms with Crippen molar-refractivity contribution in [2.75, 3.05) is 6.61 Å². The number of hydrogen-bond acceptors (Lipinski definition) is 5. The van der Waals surface area contributed by atoms with Gasteiger partial charge in [0.05, 0.1) is 22.3 Å². The van der Waals surface area contributed by atoms with Gasteiger partial charge in [0.1, 0.15) is 0 Å². The number of carbonyl (C=O) groups excluding carboxylic acids is 1. The Bertz CT molecular complexity index is 906. The molecular formula is C23H33N3O3S. The van der Waals surface area contributed by atoms with Crippen LogP contribution < -0.4 is 10.9 Å². The molecule has 1 amide bonds. The second-order valence-electron chi connectivity index (χ2n) is 8.25. The fourth-order valence-electron chi connectivity index (χ4n) is 3.75. The van der Waals surface area contributed by atoms with Crippen LogP contribution in [0, 0.1) is 0 Å². The molecule has 1 N–H and O–H groups in total. The topological polar surface area (TPSA) is 73.2 Å². The predicted octanol–water partition coefficient (Wildman–Crippen LogP) is 4.14. The van der Waals surface area contributed by atoms with Crippen molar-refractivity contribution in [2.24, 2.45) is 0 Å². The van der Waals surface area contributed by atoms with Gasteiger partial charge in [-0.25, -0.2) is 4.98 Å². The van der Waals surface area contributed by atoms with Crippen molar-refractivity contribution in [2.45, 2.75) is 88.4 Å². The summed E-state index contributed by atoms with van der Waals surface area (Å²) in [7, 11) is 0. The molecule has 0 aliphatic heterocycles. The molecule has 1 aromatic heterocycles. The van der Waals surface area contributed by atoms with E-state index in [1.165, 1.54) is 31.0 Å². The molecule has 1 unspecified atom stereocenters. The van der Waals surface area contributed by atoms with E-state index in [2.05, 4.69) is 5.32 Å². The van der Waals surface area contributed by atoms with Gasteiger partial charge in [-0.15, -0.1) is 0 Å². The Balaban J connectivity index is 1.77. The number of para-hydroxylation sites is 1. The van der Waals surface area contributed by atoms with Gasteiger partial charge in [-0.3, -0.25) is 14.2 Å². The molecule has 30 heavy (non-hydrogen) atoms. The highest BCUT2D eigenvalue weighted by Crippen LogP contribution is 2.24. The summed E-state index contributed by atoms with van der Waals surface area (Å²) in [6, 6.07) is 7.65. The van der Waals surface area contributed by atoms with Crippen molar-refractivity contribution < 1.29 is 9.53 Å². The first-order valence-corrected chi connectivity index (χ1v) is 11.9. The van der Waals surface area contributed by atoms with Crippen molar-refractivity contribution in [3.63, 3.8) is 0 Å². The zero-order chi connectivity index (χ0) is 21.5. The molecule has 0 radical (unpaired) electrons. The number of aromatic nitrogens is 2. The highest BCUT2D eigenvalue weighted by Gasteiger charge is 2.22. The van der Waals surface area contributed by atoms with Crippen LogP contribution in [0.15, 0.2) is 34.2 Å². The first-order valence-electron chi connectivity index (χ1n) is 11.0. The van der Waals surface area contributed by atoms with Gasteiger partial charge in [0.2, 0.25) is 5.91 Å². The standard InChI is InChI=1S/C23H33N3O3S/c1-16(2)29-15-9-14-26-22(28)19-12-7-8-13-20(19)25-23(26)30-17(3)21(27)24-18-10-5-4-6-11-18/h7-8,12-13,16-18H,4-6,9-11,14-15H2,1-3H3,(H,24,27). The molecule has 0 saturated heterocycles. The molecule has 1 heterocycles. The highest BCUT2D eigenvalue weighted by atomic mass is 32.2. The third kappa shape index (κ3) is 6.08. The maximum Gasteiger partial charge on any atom is 0.262 e. The van der Waals surface area contributed by atoms with Gasteiger partial charge < -0.3 is 10.1 Å². The SMILES string of the molecule is CC(C)OCCCn1c(SC(C)C(=O)NC2CCCCC2)nc2ccccc2c1=O. The van der Waals surface area contributed by atoms with Crippen molar-refractivity contribution in [1.82, 2.24) is 14.9 Å². The van der Waals surface area contributed by atoms with E-state index >= 15 is 0 Å². The largest absolute Gasteiger partial charge is 0.379 e. The number of rotatable bonds is 9. The van der Waals surface area contributed by atoms with Crippen molar-refractivity contribution in [1.29, 1.82) is 0 Å². The van der Waals surface area contributed by atoms with Crippen LogP contribution in [-0.4, -0.2) is 39.5 Å². The zero-order valence-corrected chi connectivity index (χ0v) is 19.0. The summed E-state index contributed by atoms with van der Waals surface area (Å²) >= 11 is 1.36. The minimum absolute atomic E-state index is 0.0176. The van der Waals surface area contributed by atoms with Crippen LogP contribution in [0.5, 0.6) is 0 Å². The van der Waals surface area contributed by atoms with Crippen molar-refractivity contribution >= 4 is 28.6 Å². The quantitative estimate of drug-likeness (QED) is 0.367. The van der Waals surface area contributed by atoms with Gasteiger partial charge in [0.25, 0.3) is 5.56 Å². The molecule has 7 heteroatoms. The molecule has 3 rings (SSSR count). The van der Waals surface area contributed by atoms with Gasteiger partial charge >= 0.3 is 0 Å². The fraction of sp³-hybridized carbons (Fsp3) is 0.609. The third-order valence-corrected chi connectivity index (χ3v) is 6.50. The van der Waals surface area contributed by atoms with E-state index in [1.54, 1.807) is 10.6 Å². The monoisotopic (exact) mass is 431 g/mol. The van der Waals surface area contributed by atoms with E-state index in [9.17, 15) is 9.59 Å². The molecule has 6 nitrogen and oxygen atoms in total. The lowest BCUT2D eigenvalue weighted by Gasteiger charge is -2.24. The summed E-state index contributed by atoms with van der Waals surface area (Å²) in [5, 5.41) is 4.05. The Labute approximate surface area is 182 Å². The minimum atomic E-state index is -0.321. The van der Waals surface area contributed by atoms with Crippen molar-refractivity contribution in [3.8, 4) is 0 Å². The average Bonchev–Trinajstić information content (AvgIpc) is 2.73. The van der Waals surface area contributed by atoms with Crippen LogP contribution in [0.1, 0.15) is 59.3 Å². The molecular weight excluding hydrogens is 398 g/mol. The predicted molar refractivity (Wildman–Crippen MR) is 122 cm³/mol. The Morgan fingerprint density at radius 3 is 2.70 bits per heavy atom. The van der Waals surface area contributed by atoms with Crippen LogP contribution in [0.25, 0.3) is 10.9 Å². The summed E-state index contributed by atoms with van der Waals surface area (Å²) in [5.74, 6) is 0.0176. The lowest BCUT2D eigenvalue weighted by Crippen LogP contribution is -2.40. The smallest absolute Gasteiger partial charge is 0.262 e. The average molecular weight is 432 g/mol. The molecule has 1 atom stereocenters. The number of hydrogen-bond donors (Lipinski definition) is 1. The summed E-state index contributed by atoms with van der Waals surface area (Å²) < 4.78 is 7.32. The minimum Gasteiger partial charge on any atom is -0.379 e. The maximum atomic E-state index is 13.1. The first-order chi connectivity index (χ1) is 14.5. The van der Waals surface area contributed by atoms with E-state index in [0.717, 1.165) is 12.8 Å². The van der Waals surface area contributed by atoms with E-state index < -0.39 is 0 Å². The molecule has 2 aromatic rings. The normalized spacial score (nSPS) is 16.1. The van der Waals surface area contributed by atoms with Crippen molar-refractivity contribution in [3.05, 3.63) is 34.6 Å². The first kappa shape index (κ1) is 22.8. The zero-order valence-electron chi connectivity index (χ0n) is 18.2. The molecule has 1 saturated carbocycles. The molecule has 1 aliphatic rings. The van der Waals surface area contributed by atoms with Crippen LogP contribution in [-0.2, 0) is 16.1 Å². The number of nitrogens with zero attached hydrogens (tertiary/aromatic N) is 2. The van der Waals surface area contributed by atoms with Crippen LogP contribution in [0.2, 0.25) is 0 Å². The summed E-state index contributed by atoms with van der Waals surface area (Å²) in [6.45, 7) is 6.98. The summed E-state index contributed by atoms with van der Waals surface area (Å²) in [4.78, 5) is 30.6. The van der Waals surface area contributed by atoms with E-state index in [-0.39, 0.29) is 28.9 Å². The molecule has 1 fully saturated rings. The number of carbonyl (C=O) groups is 1. The number of amides is 1. The van der Waals surface area contributed by atoms with E-state index in [1.807, 2.05) is 39.0 Å². The second-order valence-corrected chi connectivity index (χ2v) is 9.55. The number of benzene rings is 1. The molecule has 1 aliphatic carbocycles. The van der Waals surface area contributed by atoms with Gasteiger partial charge in [0, 0.05) is 19.2 Å². The van der Waals surface area contributed by atoms with Gasteiger partial charge in [-0.1, -0.05) is 43.2 Å². The Kier molecular flexibility index (Phi) is 8.33. The van der Waals surface area contributed by atoms with Gasteiger partial charge in [-0.05, 0) is 52.2 Å². The van der Waals surface area contributed by atoms with Gasteiger partial charge in [-0.2, -0.15) is 0 Å². The highest BCUT2D eigenvalue weighted by molar-refractivity contribution is 8.00. The summed E-state index contributed by atoms with van der Waals surface area (Å²) in [6.07, 6.45) is 6.59. The Morgan fingerprint density at radius 2 is 1.97 bits per heavy atom. The maximum absolute atomic E-state index is 13.1. The molecule has 164 valence electrons. The third-order valence-electron chi connectivity index (χ3n) is 5.41. The fourth-order valence-corrected chi connectivity index (χ4v) is 4.70. The number of ether oxygens (including phenoxy) is 1. The van der Waals surface area contributed by atoms with Gasteiger partial charge in [0.15, 0.2) is 5.16 Å². The molecule has 0 bridgehead atoms. The lowest BCUT2D eigenvalue weighted by atomic mass is 9.95. The second kappa shape index (κ2) is 11.0. The van der Waals surface area contributed by atoms with Crippen LogP contribution in [0.3, 0.4) is 0 Å². The Hall–Kier alpha value is -1.86. The lowest BCUT2D eigenvalue weighted by molar-refractivity contribution is -0.121. The molecule has 0 spiro atoms. The number of fused-ring (bicyclic) bond motifs is 1. The number of nitrogens with one attached hydrogen (secondary N) is 1.